The summed E-state index contributed by atoms with van der Waals surface area (Å²) in [6.07, 6.45) is 5.38. The normalized spacial score (nSPS) is 11.6. The molecule has 1 radical (unpaired) electrons. The average molecular weight is 704 g/mol. The largest absolute Gasteiger partial charge is 0.557 e. The van der Waals surface area contributed by atoms with Gasteiger partial charge in [-0.25, -0.2) is 0 Å². The Morgan fingerprint density at radius 1 is 0.800 bits per heavy atom. The first-order valence-corrected chi connectivity index (χ1v) is 14.1. The minimum absolute atomic E-state index is 0. The van der Waals surface area contributed by atoms with E-state index in [1.165, 1.54) is 33.5 Å². The van der Waals surface area contributed by atoms with E-state index in [1.807, 2.05) is 0 Å². The summed E-state index contributed by atoms with van der Waals surface area (Å²) in [6.45, 7) is 11.4. The topological polar surface area (TPSA) is 31.0 Å². The molecule has 4 heteroatoms. The molecule has 0 unspecified atom stereocenters. The maximum Gasteiger partial charge on any atom is 0.0774 e. The second kappa shape index (κ2) is 11.6. The molecule has 6 aromatic rings. The molecule has 0 fully saturated rings. The first kappa shape index (κ1) is 28.1. The molecule has 0 aliphatic heterocycles. The Labute approximate surface area is 250 Å². The number of rotatable bonds is 7. The molecule has 3 nitrogen and oxygen atoms in total. The van der Waals surface area contributed by atoms with E-state index < -0.39 is 0 Å². The van der Waals surface area contributed by atoms with Crippen molar-refractivity contribution in [2.75, 3.05) is 0 Å². The van der Waals surface area contributed by atoms with Crippen LogP contribution in [0.15, 0.2) is 89.3 Å². The molecule has 0 atom stereocenters. The van der Waals surface area contributed by atoms with E-state index >= 15 is 0 Å². The number of hydrogen-bond acceptors (Lipinski definition) is 2. The molecule has 0 amide bonds. The van der Waals surface area contributed by atoms with E-state index in [0.717, 1.165) is 46.2 Å². The van der Waals surface area contributed by atoms with Crippen molar-refractivity contribution < 1.29 is 24.5 Å². The molecule has 0 bridgehead atoms. The van der Waals surface area contributed by atoms with Gasteiger partial charge in [0, 0.05) is 37.6 Å². The summed E-state index contributed by atoms with van der Waals surface area (Å²) in [6, 6.07) is 30.4. The molecule has 0 N–H and O–H groups in total. The molecule has 0 aliphatic carbocycles. The van der Waals surface area contributed by atoms with Gasteiger partial charge in [0.2, 0.25) is 0 Å². The van der Waals surface area contributed by atoms with Crippen LogP contribution in [0.1, 0.15) is 69.6 Å². The van der Waals surface area contributed by atoms with Gasteiger partial charge in [-0.2, -0.15) is 0 Å². The van der Waals surface area contributed by atoms with Gasteiger partial charge >= 0.3 is 0 Å². The summed E-state index contributed by atoms with van der Waals surface area (Å²) in [5.74, 6) is 1.51. The molecule has 0 spiro atoms. The number of para-hydroxylation sites is 2. The van der Waals surface area contributed by atoms with E-state index in [2.05, 4.69) is 130 Å². The van der Waals surface area contributed by atoms with Crippen LogP contribution in [0.2, 0.25) is 0 Å². The summed E-state index contributed by atoms with van der Waals surface area (Å²) < 4.78 is 8.34. The van der Waals surface area contributed by atoms with E-state index in [9.17, 15) is 0 Å². The Kier molecular flexibility index (Phi) is 8.12. The number of aromatic nitrogens is 2. The molecule has 2 heterocycles. The summed E-state index contributed by atoms with van der Waals surface area (Å²) in [4.78, 5) is 5.21. The van der Waals surface area contributed by atoms with Crippen molar-refractivity contribution in [3.05, 3.63) is 108 Å². The predicted molar refractivity (Wildman–Crippen MR) is 163 cm³/mol. The molecule has 205 valence electrons. The van der Waals surface area contributed by atoms with Crippen molar-refractivity contribution in [3.63, 3.8) is 0 Å². The van der Waals surface area contributed by atoms with Crippen LogP contribution in [0.4, 0.5) is 0 Å². The van der Waals surface area contributed by atoms with Crippen LogP contribution in [0, 0.1) is 6.26 Å². The first-order valence-electron chi connectivity index (χ1n) is 14.1. The molecule has 40 heavy (non-hydrogen) atoms. The third-order valence-corrected chi connectivity index (χ3v) is 7.64. The van der Waals surface area contributed by atoms with Crippen molar-refractivity contribution in [2.24, 2.45) is 0 Å². The maximum absolute atomic E-state index is 5.98. The van der Waals surface area contributed by atoms with E-state index in [1.54, 1.807) is 0 Å². The SMILES string of the molecule is CCCc1ccc2o[c-]c(-c3nc4ccccc4n3-c3c(C(C)C)cc(-c4ccccc4)cc3C(C)C)c2c1.[Ir]. The Balaban J connectivity index is 0.00000323. The van der Waals surface area contributed by atoms with Gasteiger partial charge in [0.1, 0.15) is 0 Å². The molecule has 4 aromatic carbocycles. The fourth-order valence-electron chi connectivity index (χ4n) is 5.67. The Morgan fingerprint density at radius 2 is 1.48 bits per heavy atom. The third-order valence-electron chi connectivity index (χ3n) is 7.64. The van der Waals surface area contributed by atoms with Crippen molar-refractivity contribution >= 4 is 22.0 Å². The van der Waals surface area contributed by atoms with Crippen molar-refractivity contribution in [1.82, 2.24) is 9.55 Å². The molecule has 0 saturated carbocycles. The molecular formula is C36H35IrN2O-. The van der Waals surface area contributed by atoms with Gasteiger partial charge in [0.15, 0.2) is 0 Å². The fraction of sp³-hybridized carbons (Fsp3) is 0.250. The van der Waals surface area contributed by atoms with Crippen molar-refractivity contribution in [1.29, 1.82) is 0 Å². The summed E-state index contributed by atoms with van der Waals surface area (Å²) in [7, 11) is 0. The Hall–Kier alpha value is -3.46. The standard InChI is InChI=1S/C36H35N2O.Ir/c1-6-12-25-17-18-34-30(19-25)31(22-39-34)36-37-32-15-10-11-16-33(32)38(36)35-28(23(2)3)20-27(21-29(35)24(4)5)26-13-8-7-9-14-26;/h7-11,13-21,23-24H,6,12H2,1-5H3;/q-1;. The molecule has 2 aromatic heterocycles. The van der Waals surface area contributed by atoms with Crippen LogP contribution in [-0.4, -0.2) is 9.55 Å². The second-order valence-corrected chi connectivity index (χ2v) is 11.1. The maximum atomic E-state index is 5.98. The van der Waals surface area contributed by atoms with Crippen molar-refractivity contribution in [2.45, 2.75) is 59.3 Å². The van der Waals surface area contributed by atoms with Gasteiger partial charge in [-0.15, -0.1) is 0 Å². The second-order valence-electron chi connectivity index (χ2n) is 11.1. The monoisotopic (exact) mass is 704 g/mol. The molecular weight excluding hydrogens is 669 g/mol. The van der Waals surface area contributed by atoms with E-state index in [0.29, 0.717) is 11.8 Å². The minimum Gasteiger partial charge on any atom is -0.557 e. The van der Waals surface area contributed by atoms with Crippen LogP contribution < -0.4 is 0 Å². The number of nitrogens with zero attached hydrogens (tertiary/aromatic N) is 2. The van der Waals surface area contributed by atoms with Crippen LogP contribution in [0.3, 0.4) is 0 Å². The number of benzene rings is 4. The zero-order valence-corrected chi connectivity index (χ0v) is 26.2. The summed E-state index contributed by atoms with van der Waals surface area (Å²) in [5.41, 5.74) is 11.5. The minimum atomic E-state index is 0. The van der Waals surface area contributed by atoms with Gasteiger partial charge in [0.25, 0.3) is 0 Å². The van der Waals surface area contributed by atoms with Crippen LogP contribution >= 0.6 is 0 Å². The van der Waals surface area contributed by atoms with Gasteiger partial charge < -0.3 is 8.98 Å². The Morgan fingerprint density at radius 3 is 2.15 bits per heavy atom. The Bertz CT molecular complexity index is 1750. The predicted octanol–water partition coefficient (Wildman–Crippen LogP) is 10.1. The first-order chi connectivity index (χ1) is 19.0. The summed E-state index contributed by atoms with van der Waals surface area (Å²) >= 11 is 0. The number of aryl methyl sites for hydroxylation is 1. The molecule has 0 saturated heterocycles. The zero-order valence-electron chi connectivity index (χ0n) is 23.8. The van der Waals surface area contributed by atoms with Gasteiger partial charge in [-0.1, -0.05) is 118 Å². The van der Waals surface area contributed by atoms with Gasteiger partial charge in [0.05, 0.1) is 16.9 Å². The number of imidazole rings is 1. The zero-order chi connectivity index (χ0) is 27.1. The molecule has 0 aliphatic rings. The van der Waals surface area contributed by atoms with Crippen LogP contribution in [-0.2, 0) is 26.5 Å². The van der Waals surface area contributed by atoms with Crippen LogP contribution in [0.25, 0.3) is 50.2 Å². The smallest absolute Gasteiger partial charge is 0.0774 e. The van der Waals surface area contributed by atoms with Crippen molar-refractivity contribution in [3.8, 4) is 28.2 Å². The summed E-state index contributed by atoms with van der Waals surface area (Å²) in [5, 5.41) is 1.07. The third kappa shape index (κ3) is 4.96. The fourth-order valence-corrected chi connectivity index (χ4v) is 5.67. The van der Waals surface area contributed by atoms with E-state index in [4.69, 9.17) is 9.40 Å². The van der Waals surface area contributed by atoms with Gasteiger partial charge in [-0.05, 0) is 64.8 Å². The number of fused-ring (bicyclic) bond motifs is 2. The number of furan rings is 1. The number of hydrogen-bond donors (Lipinski definition) is 0. The quantitative estimate of drug-likeness (QED) is 0.155. The average Bonchev–Trinajstić information content (AvgIpc) is 3.54. The molecule has 6 rings (SSSR count). The van der Waals surface area contributed by atoms with E-state index in [-0.39, 0.29) is 20.1 Å². The van der Waals surface area contributed by atoms with Gasteiger partial charge in [-0.3, -0.25) is 4.98 Å². The van der Waals surface area contributed by atoms with Crippen LogP contribution in [0.5, 0.6) is 0 Å².